The molecule has 0 atom stereocenters. The van der Waals surface area contributed by atoms with Crippen LogP contribution in [-0.2, 0) is 10.3 Å². The van der Waals surface area contributed by atoms with Crippen molar-refractivity contribution in [3.63, 3.8) is 0 Å². The molecule has 1 aromatic heterocycles. The largest absolute Gasteiger partial charge is 0.235 e. The summed E-state index contributed by atoms with van der Waals surface area (Å²) in [6.07, 6.45) is 1.55. The molecule has 0 amide bonds. The number of isocyanates is 1. The molecular formula is C8H8ClNOS. The van der Waals surface area contributed by atoms with Crippen molar-refractivity contribution in [2.75, 3.05) is 0 Å². The van der Waals surface area contributed by atoms with Crippen LogP contribution in [0.1, 0.15) is 18.7 Å². The van der Waals surface area contributed by atoms with Gasteiger partial charge in [-0.1, -0.05) is 11.6 Å². The highest BCUT2D eigenvalue weighted by atomic mass is 35.5. The first-order valence-corrected chi connectivity index (χ1v) is 4.60. The lowest BCUT2D eigenvalue weighted by molar-refractivity contribution is 0.528. The Bertz CT molecular complexity index is 326. The van der Waals surface area contributed by atoms with Gasteiger partial charge in [-0.05, 0) is 26.0 Å². The van der Waals surface area contributed by atoms with Gasteiger partial charge in [-0.15, -0.1) is 11.3 Å². The molecule has 0 fully saturated rings. The van der Waals surface area contributed by atoms with E-state index in [1.54, 1.807) is 12.1 Å². The summed E-state index contributed by atoms with van der Waals surface area (Å²) >= 11 is 7.17. The van der Waals surface area contributed by atoms with Gasteiger partial charge in [-0.3, -0.25) is 0 Å². The number of aliphatic imine (C=N–C) groups is 1. The number of nitrogens with zero attached hydrogens (tertiary/aromatic N) is 1. The number of hydrogen-bond acceptors (Lipinski definition) is 3. The lowest BCUT2D eigenvalue weighted by atomic mass is 10.1. The Morgan fingerprint density at radius 3 is 2.67 bits per heavy atom. The average Bonchev–Trinajstić information content (AvgIpc) is 2.36. The Balaban J connectivity index is 3.04. The lowest BCUT2D eigenvalue weighted by Crippen LogP contribution is -2.10. The summed E-state index contributed by atoms with van der Waals surface area (Å²) in [5.74, 6) is 0. The van der Waals surface area contributed by atoms with Crippen molar-refractivity contribution in [1.29, 1.82) is 0 Å². The molecule has 1 heterocycles. The van der Waals surface area contributed by atoms with Crippen molar-refractivity contribution in [2.24, 2.45) is 4.99 Å². The van der Waals surface area contributed by atoms with Crippen LogP contribution in [-0.4, -0.2) is 6.08 Å². The van der Waals surface area contributed by atoms with Crippen LogP contribution in [0.2, 0.25) is 4.34 Å². The predicted octanol–water partition coefficient (Wildman–Crippen LogP) is 2.97. The molecule has 0 radical (unpaired) electrons. The molecule has 0 unspecified atom stereocenters. The minimum atomic E-state index is -0.500. The average molecular weight is 202 g/mol. The van der Waals surface area contributed by atoms with Crippen LogP contribution < -0.4 is 0 Å². The molecule has 0 aromatic carbocycles. The van der Waals surface area contributed by atoms with Crippen LogP contribution in [0.25, 0.3) is 0 Å². The van der Waals surface area contributed by atoms with Gasteiger partial charge in [0, 0.05) is 4.88 Å². The lowest BCUT2D eigenvalue weighted by Gasteiger charge is -2.13. The topological polar surface area (TPSA) is 29.4 Å². The number of hydrogen-bond donors (Lipinski definition) is 0. The quantitative estimate of drug-likeness (QED) is 0.534. The molecule has 0 bridgehead atoms. The van der Waals surface area contributed by atoms with Gasteiger partial charge in [-0.25, -0.2) is 4.79 Å². The molecular weight excluding hydrogens is 194 g/mol. The zero-order valence-electron chi connectivity index (χ0n) is 6.80. The second kappa shape index (κ2) is 3.40. The predicted molar refractivity (Wildman–Crippen MR) is 50.5 cm³/mol. The van der Waals surface area contributed by atoms with E-state index in [4.69, 9.17) is 11.6 Å². The highest BCUT2D eigenvalue weighted by Gasteiger charge is 2.21. The van der Waals surface area contributed by atoms with Crippen LogP contribution >= 0.6 is 22.9 Å². The highest BCUT2D eigenvalue weighted by molar-refractivity contribution is 7.16. The smallest absolute Gasteiger partial charge is 0.211 e. The Labute approximate surface area is 79.9 Å². The molecule has 0 saturated heterocycles. The highest BCUT2D eigenvalue weighted by Crippen LogP contribution is 2.32. The molecule has 0 aliphatic rings. The SMILES string of the molecule is CC(C)(N=C=O)c1ccc(Cl)s1. The number of thiophene rings is 1. The maximum atomic E-state index is 10.1. The summed E-state index contributed by atoms with van der Waals surface area (Å²) in [6, 6.07) is 3.66. The standard InChI is InChI=1S/C8H8ClNOS/c1-8(2,10-5-11)6-3-4-7(9)12-6/h3-4H,1-2H3. The third-order valence-corrected chi connectivity index (χ3v) is 3.05. The van der Waals surface area contributed by atoms with E-state index >= 15 is 0 Å². The van der Waals surface area contributed by atoms with Gasteiger partial charge in [0.25, 0.3) is 0 Å². The minimum Gasteiger partial charge on any atom is -0.211 e. The van der Waals surface area contributed by atoms with Crippen molar-refractivity contribution >= 4 is 29.0 Å². The first kappa shape index (κ1) is 9.46. The summed E-state index contributed by atoms with van der Waals surface area (Å²) in [4.78, 5) is 14.7. The Hall–Kier alpha value is -0.630. The van der Waals surface area contributed by atoms with Crippen molar-refractivity contribution in [3.05, 3.63) is 21.3 Å². The maximum absolute atomic E-state index is 10.1. The summed E-state index contributed by atoms with van der Waals surface area (Å²) in [5.41, 5.74) is -0.500. The molecule has 1 rings (SSSR count). The molecule has 0 spiro atoms. The van der Waals surface area contributed by atoms with E-state index < -0.39 is 5.54 Å². The van der Waals surface area contributed by atoms with Crippen LogP contribution in [0.4, 0.5) is 0 Å². The fourth-order valence-electron chi connectivity index (χ4n) is 0.812. The van der Waals surface area contributed by atoms with Crippen molar-refractivity contribution in [2.45, 2.75) is 19.4 Å². The van der Waals surface area contributed by atoms with Crippen LogP contribution in [0.15, 0.2) is 17.1 Å². The van der Waals surface area contributed by atoms with Gasteiger partial charge in [0.1, 0.15) is 5.54 Å². The van der Waals surface area contributed by atoms with E-state index in [-0.39, 0.29) is 0 Å². The first-order chi connectivity index (χ1) is 5.56. The zero-order valence-corrected chi connectivity index (χ0v) is 8.37. The van der Waals surface area contributed by atoms with Gasteiger partial charge >= 0.3 is 0 Å². The fourth-order valence-corrected chi connectivity index (χ4v) is 1.90. The van der Waals surface area contributed by atoms with Gasteiger partial charge in [0.15, 0.2) is 0 Å². The monoisotopic (exact) mass is 201 g/mol. The molecule has 0 aliphatic carbocycles. The van der Waals surface area contributed by atoms with E-state index in [1.807, 2.05) is 19.9 Å². The van der Waals surface area contributed by atoms with Gasteiger partial charge < -0.3 is 0 Å². The molecule has 0 aliphatic heterocycles. The summed E-state index contributed by atoms with van der Waals surface area (Å²) in [6.45, 7) is 3.69. The number of halogens is 1. The van der Waals surface area contributed by atoms with Crippen molar-refractivity contribution < 1.29 is 4.79 Å². The normalized spacial score (nSPS) is 10.9. The zero-order chi connectivity index (χ0) is 9.19. The van der Waals surface area contributed by atoms with Gasteiger partial charge in [0.2, 0.25) is 6.08 Å². The van der Waals surface area contributed by atoms with Gasteiger partial charge in [-0.2, -0.15) is 4.99 Å². The van der Waals surface area contributed by atoms with E-state index in [9.17, 15) is 4.79 Å². The van der Waals surface area contributed by atoms with Gasteiger partial charge in [0.05, 0.1) is 4.34 Å². The second-order valence-electron chi connectivity index (χ2n) is 2.87. The third kappa shape index (κ3) is 1.95. The molecule has 0 saturated carbocycles. The van der Waals surface area contributed by atoms with Crippen LogP contribution in [0, 0.1) is 0 Å². The first-order valence-electron chi connectivity index (χ1n) is 3.41. The Kier molecular flexibility index (Phi) is 2.68. The molecule has 0 N–H and O–H groups in total. The van der Waals surface area contributed by atoms with Crippen LogP contribution in [0.3, 0.4) is 0 Å². The molecule has 2 nitrogen and oxygen atoms in total. The van der Waals surface area contributed by atoms with Crippen molar-refractivity contribution in [1.82, 2.24) is 0 Å². The van der Waals surface area contributed by atoms with Crippen LogP contribution in [0.5, 0.6) is 0 Å². The van der Waals surface area contributed by atoms with E-state index in [1.165, 1.54) is 11.3 Å². The summed E-state index contributed by atoms with van der Waals surface area (Å²) in [5, 5.41) is 0. The molecule has 4 heteroatoms. The minimum absolute atomic E-state index is 0.500. The summed E-state index contributed by atoms with van der Waals surface area (Å²) < 4.78 is 0.708. The number of carbonyl (C=O) groups excluding carboxylic acids is 1. The van der Waals surface area contributed by atoms with Crippen molar-refractivity contribution in [3.8, 4) is 0 Å². The molecule has 1 aromatic rings. The Morgan fingerprint density at radius 2 is 2.25 bits per heavy atom. The molecule has 12 heavy (non-hydrogen) atoms. The molecule has 64 valence electrons. The Morgan fingerprint density at radius 1 is 1.58 bits per heavy atom. The fraction of sp³-hybridized carbons (Fsp3) is 0.375. The van der Waals surface area contributed by atoms with E-state index in [0.717, 1.165) is 4.88 Å². The number of rotatable bonds is 2. The maximum Gasteiger partial charge on any atom is 0.235 e. The second-order valence-corrected chi connectivity index (χ2v) is 4.58. The van der Waals surface area contributed by atoms with E-state index in [0.29, 0.717) is 4.34 Å². The summed E-state index contributed by atoms with van der Waals surface area (Å²) in [7, 11) is 0. The van der Waals surface area contributed by atoms with E-state index in [2.05, 4.69) is 4.99 Å². The third-order valence-electron chi connectivity index (χ3n) is 1.50.